The summed E-state index contributed by atoms with van der Waals surface area (Å²) in [6.45, 7) is 3.02. The first kappa shape index (κ1) is 22.1. The fourth-order valence-electron chi connectivity index (χ4n) is 3.54. The molecule has 0 bridgehead atoms. The lowest BCUT2D eigenvalue weighted by Gasteiger charge is -2.09. The van der Waals surface area contributed by atoms with Crippen molar-refractivity contribution in [3.63, 3.8) is 0 Å². The molecule has 4 aromatic rings. The van der Waals surface area contributed by atoms with E-state index in [0.717, 1.165) is 28.2 Å². The van der Waals surface area contributed by atoms with Gasteiger partial charge < -0.3 is 9.47 Å². The Kier molecular flexibility index (Phi) is 7.33. The number of benzene rings is 4. The normalized spacial score (nSPS) is 10.9. The zero-order valence-corrected chi connectivity index (χ0v) is 18.5. The molecule has 166 valence electrons. The van der Waals surface area contributed by atoms with Crippen molar-refractivity contribution in [1.29, 1.82) is 0 Å². The van der Waals surface area contributed by atoms with Crippen LogP contribution in [0.15, 0.2) is 96.1 Å². The van der Waals surface area contributed by atoms with E-state index in [1.165, 1.54) is 10.8 Å². The number of hydrazone groups is 1. The number of nitrogens with zero attached hydrogens (tertiary/aromatic N) is 1. The van der Waals surface area contributed by atoms with Crippen molar-refractivity contribution < 1.29 is 14.3 Å². The van der Waals surface area contributed by atoms with E-state index in [-0.39, 0.29) is 12.3 Å². The summed E-state index contributed by atoms with van der Waals surface area (Å²) in [5, 5.41) is 6.46. The molecule has 0 aliphatic heterocycles. The van der Waals surface area contributed by atoms with Gasteiger partial charge in [0.2, 0.25) is 5.91 Å². The first-order valence-electron chi connectivity index (χ1n) is 10.9. The average Bonchev–Trinajstić information content (AvgIpc) is 2.84. The van der Waals surface area contributed by atoms with Crippen molar-refractivity contribution in [3.05, 3.63) is 108 Å². The second kappa shape index (κ2) is 11.0. The van der Waals surface area contributed by atoms with Gasteiger partial charge in [0, 0.05) is 0 Å². The van der Waals surface area contributed by atoms with Gasteiger partial charge in [-0.25, -0.2) is 5.43 Å². The Morgan fingerprint density at radius 3 is 2.52 bits per heavy atom. The summed E-state index contributed by atoms with van der Waals surface area (Å²) in [6, 6.07) is 29.6. The van der Waals surface area contributed by atoms with Crippen LogP contribution in [0.5, 0.6) is 11.5 Å². The Morgan fingerprint density at radius 2 is 1.67 bits per heavy atom. The minimum Gasteiger partial charge on any atom is -0.494 e. The summed E-state index contributed by atoms with van der Waals surface area (Å²) >= 11 is 0. The molecule has 0 atom stereocenters. The molecule has 0 fully saturated rings. The van der Waals surface area contributed by atoms with Crippen LogP contribution in [0.3, 0.4) is 0 Å². The fourth-order valence-corrected chi connectivity index (χ4v) is 3.54. The number of fused-ring (bicyclic) bond motifs is 1. The van der Waals surface area contributed by atoms with E-state index in [4.69, 9.17) is 9.47 Å². The minimum atomic E-state index is -0.182. The quantitative estimate of drug-likeness (QED) is 0.277. The summed E-state index contributed by atoms with van der Waals surface area (Å²) in [5.41, 5.74) is 5.45. The van der Waals surface area contributed by atoms with Gasteiger partial charge in [0.05, 0.1) is 19.2 Å². The summed E-state index contributed by atoms with van der Waals surface area (Å²) in [4.78, 5) is 12.2. The van der Waals surface area contributed by atoms with E-state index in [9.17, 15) is 4.79 Å². The molecule has 0 unspecified atom stereocenters. The second-order valence-electron chi connectivity index (χ2n) is 7.55. The first-order chi connectivity index (χ1) is 16.2. The zero-order valence-electron chi connectivity index (χ0n) is 18.5. The van der Waals surface area contributed by atoms with E-state index in [2.05, 4.69) is 34.8 Å². The number of rotatable bonds is 9. The number of nitrogens with one attached hydrogen (secondary N) is 1. The van der Waals surface area contributed by atoms with E-state index < -0.39 is 0 Å². The predicted octanol–water partition coefficient (Wildman–Crippen LogP) is 5.51. The molecule has 5 heteroatoms. The molecule has 0 saturated carbocycles. The van der Waals surface area contributed by atoms with Gasteiger partial charge in [-0.3, -0.25) is 4.79 Å². The summed E-state index contributed by atoms with van der Waals surface area (Å²) in [5.74, 6) is 1.36. The van der Waals surface area contributed by atoms with Crippen LogP contribution in [0.1, 0.15) is 23.6 Å². The molecular weight excluding hydrogens is 412 g/mol. The second-order valence-corrected chi connectivity index (χ2v) is 7.55. The van der Waals surface area contributed by atoms with Crippen molar-refractivity contribution in [2.75, 3.05) is 6.61 Å². The van der Waals surface area contributed by atoms with Crippen LogP contribution in [0, 0.1) is 0 Å². The number of amides is 1. The number of hydrogen-bond acceptors (Lipinski definition) is 4. The van der Waals surface area contributed by atoms with Gasteiger partial charge in [-0.05, 0) is 58.7 Å². The smallest absolute Gasteiger partial charge is 0.244 e. The molecule has 1 amide bonds. The highest BCUT2D eigenvalue weighted by Gasteiger charge is 2.04. The molecule has 0 aliphatic carbocycles. The fraction of sp³-hybridized carbons (Fsp3) is 0.143. The molecule has 5 nitrogen and oxygen atoms in total. The van der Waals surface area contributed by atoms with Crippen molar-refractivity contribution in [3.8, 4) is 11.5 Å². The van der Waals surface area contributed by atoms with Crippen LogP contribution in [0.4, 0.5) is 0 Å². The lowest BCUT2D eigenvalue weighted by atomic mass is 10.1. The Morgan fingerprint density at radius 1 is 0.879 bits per heavy atom. The Labute approximate surface area is 193 Å². The standard InChI is InChI=1S/C28H26N2O3/c1-2-32-25-15-13-21(14-16-25)18-28(31)30-29-19-22-7-5-11-26(17-22)33-20-24-10-6-9-23-8-3-4-12-27(23)24/h3-17,19H,2,18,20H2,1H3,(H,30,31)/b29-19+. The maximum atomic E-state index is 12.2. The maximum absolute atomic E-state index is 12.2. The molecule has 4 rings (SSSR count). The molecule has 1 N–H and O–H groups in total. The topological polar surface area (TPSA) is 59.9 Å². The summed E-state index contributed by atoms with van der Waals surface area (Å²) in [7, 11) is 0. The van der Waals surface area contributed by atoms with Crippen molar-refractivity contribution >= 4 is 22.9 Å². The first-order valence-corrected chi connectivity index (χ1v) is 10.9. The predicted molar refractivity (Wildman–Crippen MR) is 132 cm³/mol. The van der Waals surface area contributed by atoms with Crippen LogP contribution >= 0.6 is 0 Å². The van der Waals surface area contributed by atoms with Gasteiger partial charge in [0.1, 0.15) is 18.1 Å². The van der Waals surface area contributed by atoms with Crippen molar-refractivity contribution in [1.82, 2.24) is 5.43 Å². The monoisotopic (exact) mass is 438 g/mol. The highest BCUT2D eigenvalue weighted by Crippen LogP contribution is 2.21. The summed E-state index contributed by atoms with van der Waals surface area (Å²) in [6.07, 6.45) is 1.86. The third-order valence-corrected chi connectivity index (χ3v) is 5.13. The van der Waals surface area contributed by atoms with Crippen molar-refractivity contribution in [2.45, 2.75) is 20.0 Å². The van der Waals surface area contributed by atoms with Gasteiger partial charge >= 0.3 is 0 Å². The SMILES string of the molecule is CCOc1ccc(CC(=O)N/N=C/c2cccc(OCc3cccc4ccccc34)c2)cc1. The van der Waals surface area contributed by atoms with Crippen LogP contribution < -0.4 is 14.9 Å². The highest BCUT2D eigenvalue weighted by molar-refractivity contribution is 5.85. The van der Waals surface area contributed by atoms with Crippen LogP contribution in [0.2, 0.25) is 0 Å². The van der Waals surface area contributed by atoms with Gasteiger partial charge in [0.15, 0.2) is 0 Å². The third-order valence-electron chi connectivity index (χ3n) is 5.13. The minimum absolute atomic E-state index is 0.182. The number of hydrogen-bond donors (Lipinski definition) is 1. The Balaban J connectivity index is 1.31. The molecule has 0 aromatic heterocycles. The number of carbonyl (C=O) groups is 1. The molecular formula is C28H26N2O3. The van der Waals surface area contributed by atoms with E-state index in [1.54, 1.807) is 6.21 Å². The van der Waals surface area contributed by atoms with Gasteiger partial charge in [-0.1, -0.05) is 66.7 Å². The number of carbonyl (C=O) groups excluding carboxylic acids is 1. The molecule has 4 aromatic carbocycles. The van der Waals surface area contributed by atoms with Gasteiger partial charge in [-0.15, -0.1) is 0 Å². The zero-order chi connectivity index (χ0) is 22.9. The van der Waals surface area contributed by atoms with E-state index in [1.807, 2.05) is 73.7 Å². The maximum Gasteiger partial charge on any atom is 0.244 e. The Bertz CT molecular complexity index is 1240. The third kappa shape index (κ3) is 6.20. The van der Waals surface area contributed by atoms with E-state index in [0.29, 0.717) is 13.2 Å². The molecule has 0 heterocycles. The molecule has 0 saturated heterocycles. The largest absolute Gasteiger partial charge is 0.494 e. The average molecular weight is 439 g/mol. The van der Waals surface area contributed by atoms with Crippen LogP contribution in [0.25, 0.3) is 10.8 Å². The van der Waals surface area contributed by atoms with Crippen LogP contribution in [-0.2, 0) is 17.8 Å². The van der Waals surface area contributed by atoms with Crippen LogP contribution in [-0.4, -0.2) is 18.7 Å². The lowest BCUT2D eigenvalue weighted by molar-refractivity contribution is -0.120. The van der Waals surface area contributed by atoms with Gasteiger partial charge in [0.25, 0.3) is 0 Å². The molecule has 0 spiro atoms. The highest BCUT2D eigenvalue weighted by atomic mass is 16.5. The lowest BCUT2D eigenvalue weighted by Crippen LogP contribution is -2.19. The van der Waals surface area contributed by atoms with Crippen molar-refractivity contribution in [2.24, 2.45) is 5.10 Å². The number of ether oxygens (including phenoxy) is 2. The molecule has 33 heavy (non-hydrogen) atoms. The Hall–Kier alpha value is -4.12. The summed E-state index contributed by atoms with van der Waals surface area (Å²) < 4.78 is 11.4. The molecule has 0 aliphatic rings. The molecule has 0 radical (unpaired) electrons. The van der Waals surface area contributed by atoms with Gasteiger partial charge in [-0.2, -0.15) is 5.10 Å². The van der Waals surface area contributed by atoms with E-state index >= 15 is 0 Å².